The SMILES string of the molecule is [3H]S(=O)c1ccccc1. The Morgan fingerprint density at radius 2 is 2.00 bits per heavy atom. The first-order valence-corrected chi connectivity index (χ1v) is 3.02. The van der Waals surface area contributed by atoms with Crippen molar-refractivity contribution in [1.29, 1.82) is 1.12 Å². The first-order valence-electron chi connectivity index (χ1n) is 2.69. The van der Waals surface area contributed by atoms with Gasteiger partial charge in [-0.05, 0) is 12.1 Å². The lowest BCUT2D eigenvalue weighted by molar-refractivity contribution is 0.694. The quantitative estimate of drug-likeness (QED) is 0.558. The predicted molar refractivity (Wildman–Crippen MR) is 34.2 cm³/mol. The molecule has 0 saturated heterocycles. The normalized spacial score (nSPS) is 14.8. The molecule has 1 unspecified atom stereocenters. The van der Waals surface area contributed by atoms with Crippen LogP contribution < -0.4 is 0 Å². The molecule has 0 spiro atoms. The van der Waals surface area contributed by atoms with Crippen molar-refractivity contribution in [2.75, 3.05) is 0 Å². The van der Waals surface area contributed by atoms with Crippen LogP contribution in [0.5, 0.6) is 0 Å². The highest BCUT2D eigenvalue weighted by Crippen LogP contribution is 1.94. The number of hydrogen-bond donors (Lipinski definition) is 1. The Bertz CT molecular complexity index is 210. The van der Waals surface area contributed by atoms with Gasteiger partial charge in [0.25, 0.3) is 0 Å². The monoisotopic (exact) mass is 128 g/mol. The number of rotatable bonds is 1. The van der Waals surface area contributed by atoms with Gasteiger partial charge >= 0.3 is 0 Å². The van der Waals surface area contributed by atoms with E-state index in [0.29, 0.717) is 4.90 Å². The second-order valence-corrected chi connectivity index (χ2v) is 2.03. The van der Waals surface area contributed by atoms with Crippen molar-refractivity contribution in [3.8, 4) is 0 Å². The molecule has 0 aliphatic rings. The minimum atomic E-state index is -1.58. The second kappa shape index (κ2) is 2.62. The molecule has 42 valence electrons. The molecule has 0 fully saturated rings. The molecule has 0 bridgehead atoms. The molecule has 2 heteroatoms. The zero-order valence-corrected chi connectivity index (χ0v) is 5.02. The molecule has 0 aliphatic heterocycles. The van der Waals surface area contributed by atoms with Gasteiger partial charge in [-0.15, -0.1) is 0 Å². The molecule has 1 atom stereocenters. The van der Waals surface area contributed by atoms with Crippen LogP contribution in [-0.2, 0) is 11.6 Å². The molecule has 1 aromatic rings. The van der Waals surface area contributed by atoms with Crippen molar-refractivity contribution in [2.45, 2.75) is 4.90 Å². The fourth-order valence-corrected chi connectivity index (χ4v) is 0.744. The summed E-state index contributed by atoms with van der Waals surface area (Å²) in [5.74, 6) is 0. The molecule has 8 heavy (non-hydrogen) atoms. The van der Waals surface area contributed by atoms with Crippen molar-refractivity contribution < 1.29 is 4.21 Å². The fourth-order valence-electron chi connectivity index (χ4n) is 0.476. The van der Waals surface area contributed by atoms with Crippen molar-refractivity contribution >= 4 is 11.6 Å². The minimum absolute atomic E-state index is 0.553. The molecule has 1 nitrogen and oxygen atoms in total. The Morgan fingerprint density at radius 1 is 1.38 bits per heavy atom. The van der Waals surface area contributed by atoms with E-state index in [2.05, 4.69) is 0 Å². The highest BCUT2D eigenvalue weighted by molar-refractivity contribution is 7.65. The summed E-state index contributed by atoms with van der Waals surface area (Å²) >= 11 is -1.58. The van der Waals surface area contributed by atoms with Crippen LogP contribution >= 0.6 is 0 Å². The molecule has 1 rings (SSSR count). The van der Waals surface area contributed by atoms with Crippen LogP contribution in [0.4, 0.5) is 0 Å². The van der Waals surface area contributed by atoms with Gasteiger partial charge in [0.1, 0.15) is 1.12 Å². The topological polar surface area (TPSA) is 17.1 Å². The van der Waals surface area contributed by atoms with E-state index in [9.17, 15) is 4.21 Å². The van der Waals surface area contributed by atoms with Gasteiger partial charge in [0, 0.05) is 16.5 Å². The summed E-state index contributed by atoms with van der Waals surface area (Å²) in [6.45, 7) is 0. The van der Waals surface area contributed by atoms with Gasteiger partial charge in [0.15, 0.2) is 0 Å². The summed E-state index contributed by atoms with van der Waals surface area (Å²) in [4.78, 5) is 0.553. The minimum Gasteiger partial charge on any atom is -0.258 e. The Morgan fingerprint density at radius 3 is 2.38 bits per heavy atom. The summed E-state index contributed by atoms with van der Waals surface area (Å²) in [6, 6.07) is 8.70. The van der Waals surface area contributed by atoms with E-state index >= 15 is 0 Å². The van der Waals surface area contributed by atoms with E-state index in [1.165, 1.54) is 0 Å². The Hall–Kier alpha value is -0.630. The molecule has 0 saturated carbocycles. The van der Waals surface area contributed by atoms with Crippen molar-refractivity contribution in [2.24, 2.45) is 0 Å². The van der Waals surface area contributed by atoms with Gasteiger partial charge in [-0.1, -0.05) is 18.2 Å². The largest absolute Gasteiger partial charge is 0.258 e. The van der Waals surface area contributed by atoms with Crippen LogP contribution in [0.15, 0.2) is 35.2 Å². The maximum absolute atomic E-state index is 10.4. The van der Waals surface area contributed by atoms with Gasteiger partial charge in [-0.3, -0.25) is 4.21 Å². The van der Waals surface area contributed by atoms with E-state index in [1.54, 1.807) is 24.3 Å². The third-order valence-corrected chi connectivity index (χ3v) is 1.30. The maximum atomic E-state index is 10.4. The Balaban J connectivity index is 2.98. The molecule has 0 amide bonds. The second-order valence-electron chi connectivity index (χ2n) is 1.40. The average molecular weight is 128 g/mol. The standard InChI is InChI=1S/C6H6OS/c7-8-6-4-2-1-3-5-6/h1-5,8H/i8T. The van der Waals surface area contributed by atoms with Crippen LogP contribution in [0.25, 0.3) is 0 Å². The summed E-state index contributed by atoms with van der Waals surface area (Å²) in [7, 11) is 0. The first-order chi connectivity index (χ1) is 4.30. The Kier molecular flexibility index (Phi) is 1.40. The van der Waals surface area contributed by atoms with Crippen molar-refractivity contribution in [3.63, 3.8) is 0 Å². The van der Waals surface area contributed by atoms with Gasteiger partial charge in [-0.25, -0.2) is 0 Å². The first kappa shape index (κ1) is 4.27. The predicted octanol–water partition coefficient (Wildman–Crippen LogP) is 0.991. The smallest absolute Gasteiger partial charge is 0.145 e. The number of thiol groups is 1. The highest BCUT2D eigenvalue weighted by atomic mass is 32.1. The lowest BCUT2D eigenvalue weighted by Gasteiger charge is -1.82. The summed E-state index contributed by atoms with van der Waals surface area (Å²) < 4.78 is 17.2. The zero-order chi connectivity index (χ0) is 6.69. The average Bonchev–Trinajstić information content (AvgIpc) is 1.90. The molecule has 0 aromatic heterocycles. The van der Waals surface area contributed by atoms with E-state index < -0.39 is 11.6 Å². The van der Waals surface area contributed by atoms with Crippen molar-refractivity contribution in [1.82, 2.24) is 0 Å². The molecular weight excluding hydrogens is 120 g/mol. The molecule has 0 radical (unpaired) electrons. The fraction of sp³-hybridized carbons (Fsp3) is 0. The highest BCUT2D eigenvalue weighted by Gasteiger charge is 1.79. The molecule has 0 aliphatic carbocycles. The van der Waals surface area contributed by atoms with Gasteiger partial charge in [-0.2, -0.15) is 0 Å². The van der Waals surface area contributed by atoms with Crippen LogP contribution in [0.1, 0.15) is 0 Å². The third-order valence-electron chi connectivity index (χ3n) is 0.839. The van der Waals surface area contributed by atoms with E-state index in [0.717, 1.165) is 0 Å². The van der Waals surface area contributed by atoms with Crippen LogP contribution in [-0.4, -0.2) is 5.33 Å². The lowest BCUT2D eigenvalue weighted by atomic mass is 10.4. The van der Waals surface area contributed by atoms with E-state index in [1.807, 2.05) is 6.07 Å². The summed E-state index contributed by atoms with van der Waals surface area (Å²) in [5, 5.41) is 0. The maximum Gasteiger partial charge on any atom is 0.145 e. The van der Waals surface area contributed by atoms with Gasteiger partial charge in [0.2, 0.25) is 0 Å². The molecule has 0 heterocycles. The lowest BCUT2D eigenvalue weighted by Crippen LogP contribution is -1.67. The van der Waals surface area contributed by atoms with E-state index in [4.69, 9.17) is 1.12 Å². The number of benzene rings is 1. The summed E-state index contributed by atoms with van der Waals surface area (Å²) in [6.07, 6.45) is 0. The Labute approximate surface area is 52.9 Å². The molecule has 1 aromatic carbocycles. The number of hydrogen-bond acceptors (Lipinski definition) is 1. The summed E-state index contributed by atoms with van der Waals surface area (Å²) in [5.41, 5.74) is 0. The van der Waals surface area contributed by atoms with Crippen LogP contribution in [0, 0.1) is 0 Å². The zero-order valence-electron chi connectivity index (χ0n) is 5.20. The van der Waals surface area contributed by atoms with E-state index in [-0.39, 0.29) is 0 Å². The molecular formula is C6H6OS. The van der Waals surface area contributed by atoms with Crippen LogP contribution in [0.3, 0.4) is 0 Å². The van der Waals surface area contributed by atoms with Crippen molar-refractivity contribution in [3.05, 3.63) is 30.3 Å². The van der Waals surface area contributed by atoms with Crippen LogP contribution in [0.2, 0.25) is 0 Å². The van der Waals surface area contributed by atoms with Gasteiger partial charge in [0.05, 0.1) is 0 Å². The molecule has 0 N–H and O–H groups in total. The van der Waals surface area contributed by atoms with Gasteiger partial charge < -0.3 is 0 Å². The third kappa shape index (κ3) is 1.17.